The molecule has 1 aromatic carbocycles. The number of benzene rings is 1. The molecule has 2 rings (SSSR count). The van der Waals surface area contributed by atoms with E-state index in [4.69, 9.17) is 11.6 Å². The molecule has 0 saturated carbocycles. The molecule has 0 spiro atoms. The van der Waals surface area contributed by atoms with Gasteiger partial charge >= 0.3 is 0 Å². The van der Waals surface area contributed by atoms with Crippen LogP contribution in [0.2, 0.25) is 5.02 Å². The molecule has 0 aliphatic rings. The number of thiophene rings is 1. The second-order valence-corrected chi connectivity index (χ2v) is 6.59. The molecule has 0 aliphatic heterocycles. The predicted molar refractivity (Wildman–Crippen MR) is 67.3 cm³/mol. The van der Waals surface area contributed by atoms with Crippen LogP contribution in [0.4, 0.5) is 0 Å². The van der Waals surface area contributed by atoms with Gasteiger partial charge in [-0.1, -0.05) is 11.6 Å². The van der Waals surface area contributed by atoms with Crippen LogP contribution in [0.1, 0.15) is 0 Å². The number of hydrogen-bond acceptors (Lipinski definition) is 1. The van der Waals surface area contributed by atoms with E-state index in [9.17, 15) is 0 Å². The zero-order valence-electron chi connectivity index (χ0n) is 5.77. The first-order chi connectivity index (χ1) is 5.66. The van der Waals surface area contributed by atoms with Gasteiger partial charge in [-0.15, -0.1) is 11.3 Å². The van der Waals surface area contributed by atoms with Crippen LogP contribution in [0.25, 0.3) is 10.1 Å². The topological polar surface area (TPSA) is 0 Å². The van der Waals surface area contributed by atoms with Crippen molar-refractivity contribution in [3.8, 4) is 0 Å². The Morgan fingerprint density at radius 3 is 2.83 bits per heavy atom. The molecule has 1 aromatic heterocycles. The summed E-state index contributed by atoms with van der Waals surface area (Å²) in [6.07, 6.45) is 0. The fourth-order valence-corrected chi connectivity index (χ4v) is 3.52. The van der Waals surface area contributed by atoms with Crippen molar-refractivity contribution in [3.63, 3.8) is 0 Å². The van der Waals surface area contributed by atoms with Crippen molar-refractivity contribution >= 4 is 71.5 Å². The van der Waals surface area contributed by atoms with Gasteiger partial charge in [0, 0.05) is 9.17 Å². The summed E-state index contributed by atoms with van der Waals surface area (Å²) in [5, 5.41) is 1.99. The number of hydrogen-bond donors (Lipinski definition) is 0. The van der Waals surface area contributed by atoms with E-state index in [1.165, 1.54) is 13.0 Å². The van der Waals surface area contributed by atoms with Crippen LogP contribution in [0.15, 0.2) is 22.7 Å². The van der Waals surface area contributed by atoms with Crippen LogP contribution in [0.3, 0.4) is 0 Å². The first-order valence-corrected chi connectivity index (χ1v) is 6.27. The first kappa shape index (κ1) is 9.24. The van der Waals surface area contributed by atoms with Crippen LogP contribution < -0.4 is 0 Å². The molecule has 62 valence electrons. The van der Waals surface area contributed by atoms with Crippen LogP contribution >= 0.6 is 61.5 Å². The fraction of sp³-hybridized carbons (Fsp3) is 0. The average molecular weight is 373 g/mol. The molecule has 0 fully saturated rings. The number of rotatable bonds is 0. The van der Waals surface area contributed by atoms with Gasteiger partial charge in [0.05, 0.1) is 7.91 Å². The van der Waals surface area contributed by atoms with Crippen molar-refractivity contribution in [2.75, 3.05) is 0 Å². The smallest absolute Gasteiger partial charge is 0.0666 e. The van der Waals surface area contributed by atoms with E-state index in [-0.39, 0.29) is 0 Å². The summed E-state index contributed by atoms with van der Waals surface area (Å²) < 4.78 is 3.53. The molecule has 0 saturated heterocycles. The number of fused-ring (bicyclic) bond motifs is 1. The molecule has 0 aliphatic carbocycles. The Kier molecular flexibility index (Phi) is 2.65. The Labute approximate surface area is 101 Å². The van der Waals surface area contributed by atoms with Gasteiger partial charge in [0.25, 0.3) is 0 Å². The summed E-state index contributed by atoms with van der Waals surface area (Å²) in [5.74, 6) is 0. The van der Waals surface area contributed by atoms with Gasteiger partial charge in [-0.05, 0) is 62.1 Å². The highest BCUT2D eigenvalue weighted by atomic mass is 127. The van der Waals surface area contributed by atoms with E-state index < -0.39 is 0 Å². The Morgan fingerprint density at radius 1 is 1.33 bits per heavy atom. The molecular formula is C8H3BrClIS. The molecule has 0 amide bonds. The van der Waals surface area contributed by atoms with Crippen molar-refractivity contribution in [1.82, 2.24) is 0 Å². The highest BCUT2D eigenvalue weighted by Gasteiger charge is 2.03. The molecule has 0 unspecified atom stereocenters. The summed E-state index contributed by atoms with van der Waals surface area (Å²) in [7, 11) is 0. The van der Waals surface area contributed by atoms with Gasteiger partial charge in [-0.25, -0.2) is 0 Å². The van der Waals surface area contributed by atoms with Crippen molar-refractivity contribution in [3.05, 3.63) is 30.6 Å². The minimum Gasteiger partial charge on any atom is -0.129 e. The summed E-state index contributed by atoms with van der Waals surface area (Å²) in [4.78, 5) is 0. The van der Waals surface area contributed by atoms with Gasteiger partial charge in [0.15, 0.2) is 0 Å². The van der Waals surface area contributed by atoms with Crippen molar-refractivity contribution in [1.29, 1.82) is 0 Å². The zero-order valence-corrected chi connectivity index (χ0v) is 11.1. The molecule has 0 bridgehead atoms. The van der Waals surface area contributed by atoms with Crippen LogP contribution in [-0.2, 0) is 0 Å². The highest BCUT2D eigenvalue weighted by molar-refractivity contribution is 14.1. The van der Waals surface area contributed by atoms with Crippen molar-refractivity contribution in [2.45, 2.75) is 0 Å². The Hall–Kier alpha value is 0.680. The maximum Gasteiger partial charge on any atom is 0.0666 e. The third kappa shape index (κ3) is 1.64. The molecule has 1 heterocycles. The molecule has 12 heavy (non-hydrogen) atoms. The lowest BCUT2D eigenvalue weighted by molar-refractivity contribution is 1.76. The van der Waals surface area contributed by atoms with Crippen molar-refractivity contribution < 1.29 is 0 Å². The SMILES string of the molecule is Clc1cc2cc(I)sc2cc1Br. The molecule has 0 atom stereocenters. The Balaban J connectivity index is 2.83. The van der Waals surface area contributed by atoms with Gasteiger partial charge in [-0.2, -0.15) is 0 Å². The Morgan fingerprint density at radius 2 is 2.08 bits per heavy atom. The third-order valence-corrected chi connectivity index (χ3v) is 4.58. The minimum atomic E-state index is 0.775. The quantitative estimate of drug-likeness (QED) is 0.575. The summed E-state index contributed by atoms with van der Waals surface area (Å²) in [5.41, 5.74) is 0. The second kappa shape index (κ2) is 3.44. The van der Waals surface area contributed by atoms with Crippen LogP contribution in [-0.4, -0.2) is 0 Å². The lowest BCUT2D eigenvalue weighted by Gasteiger charge is -1.94. The second-order valence-electron chi connectivity index (χ2n) is 2.35. The van der Waals surface area contributed by atoms with Crippen LogP contribution in [0, 0.1) is 2.88 Å². The predicted octanol–water partition coefficient (Wildman–Crippen LogP) is 4.92. The van der Waals surface area contributed by atoms with Crippen molar-refractivity contribution in [2.24, 2.45) is 0 Å². The summed E-state index contributed by atoms with van der Waals surface area (Å²) in [6, 6.07) is 6.18. The summed E-state index contributed by atoms with van der Waals surface area (Å²) >= 11 is 13.4. The first-order valence-electron chi connectivity index (χ1n) is 3.21. The van der Waals surface area contributed by atoms with Gasteiger partial charge in [0.2, 0.25) is 0 Å². The van der Waals surface area contributed by atoms with Gasteiger partial charge in [-0.3, -0.25) is 0 Å². The third-order valence-electron chi connectivity index (χ3n) is 1.53. The molecule has 2 aromatic rings. The highest BCUT2D eigenvalue weighted by Crippen LogP contribution is 2.33. The molecule has 0 N–H and O–H groups in total. The van der Waals surface area contributed by atoms with E-state index in [1.54, 1.807) is 11.3 Å². The van der Waals surface area contributed by atoms with E-state index >= 15 is 0 Å². The fourth-order valence-electron chi connectivity index (χ4n) is 1.00. The molecule has 0 nitrogen and oxygen atoms in total. The van der Waals surface area contributed by atoms with E-state index in [0.717, 1.165) is 9.50 Å². The average Bonchev–Trinajstić information content (AvgIpc) is 2.30. The largest absolute Gasteiger partial charge is 0.129 e. The normalized spacial score (nSPS) is 10.9. The van der Waals surface area contributed by atoms with Crippen LogP contribution in [0.5, 0.6) is 0 Å². The number of halogens is 3. The zero-order chi connectivity index (χ0) is 8.72. The Bertz CT molecular complexity index is 399. The van der Waals surface area contributed by atoms with Gasteiger partial charge < -0.3 is 0 Å². The lowest BCUT2D eigenvalue weighted by atomic mass is 10.3. The molecule has 4 heteroatoms. The minimum absolute atomic E-state index is 0.775. The lowest BCUT2D eigenvalue weighted by Crippen LogP contribution is -1.67. The maximum atomic E-state index is 5.95. The standard InChI is InChI=1S/C8H3BrClIS/c9-5-3-7-4(1-6(5)10)2-8(11)12-7/h1-3H. The molecule has 0 radical (unpaired) electrons. The van der Waals surface area contributed by atoms with E-state index in [0.29, 0.717) is 0 Å². The van der Waals surface area contributed by atoms with E-state index in [2.05, 4.69) is 50.7 Å². The van der Waals surface area contributed by atoms with E-state index in [1.807, 2.05) is 6.07 Å². The molecular weight excluding hydrogens is 370 g/mol. The maximum absolute atomic E-state index is 5.95. The monoisotopic (exact) mass is 372 g/mol. The van der Waals surface area contributed by atoms with Gasteiger partial charge in [0.1, 0.15) is 0 Å². The summed E-state index contributed by atoms with van der Waals surface area (Å²) in [6.45, 7) is 0.